The zero-order chi connectivity index (χ0) is 12.1. The lowest BCUT2D eigenvalue weighted by molar-refractivity contribution is -0.105. The number of benzene rings is 1. The van der Waals surface area contributed by atoms with E-state index in [0.717, 1.165) is 0 Å². The van der Waals surface area contributed by atoms with Crippen LogP contribution in [0.2, 0.25) is 0 Å². The number of ketones is 1. The highest BCUT2D eigenvalue weighted by Crippen LogP contribution is 2.12. The van der Waals surface area contributed by atoms with Gasteiger partial charge in [-0.1, -0.05) is 0 Å². The van der Waals surface area contributed by atoms with Gasteiger partial charge in [0.05, 0.1) is 0 Å². The molecule has 2 aromatic rings. The fourth-order valence-corrected chi connectivity index (χ4v) is 1.45. The van der Waals surface area contributed by atoms with Crippen molar-refractivity contribution in [2.75, 3.05) is 5.32 Å². The van der Waals surface area contributed by atoms with E-state index in [2.05, 4.69) is 10.3 Å². The van der Waals surface area contributed by atoms with Crippen LogP contribution >= 0.6 is 0 Å². The highest BCUT2D eigenvalue weighted by atomic mass is 16.1. The molecule has 4 nitrogen and oxygen atoms in total. The monoisotopic (exact) mass is 226 g/mol. The van der Waals surface area contributed by atoms with E-state index in [1.54, 1.807) is 42.6 Å². The van der Waals surface area contributed by atoms with Gasteiger partial charge in [0.25, 0.3) is 0 Å². The molecule has 1 N–H and O–H groups in total. The van der Waals surface area contributed by atoms with Crippen molar-refractivity contribution in [3.8, 4) is 0 Å². The number of anilines is 1. The number of aromatic nitrogens is 1. The highest BCUT2D eigenvalue weighted by Gasteiger charge is 2.08. The summed E-state index contributed by atoms with van der Waals surface area (Å²) in [6, 6.07) is 10.1. The second-order valence-electron chi connectivity index (χ2n) is 3.41. The molecule has 0 radical (unpaired) electrons. The Balaban J connectivity index is 2.23. The summed E-state index contributed by atoms with van der Waals surface area (Å²) in [5.74, 6) is -0.0873. The maximum Gasteiger partial charge on any atom is 0.211 e. The normalized spacial score (nSPS) is 9.65. The van der Waals surface area contributed by atoms with Crippen LogP contribution in [-0.4, -0.2) is 17.2 Å². The Morgan fingerprint density at radius 2 is 1.88 bits per heavy atom. The Morgan fingerprint density at radius 1 is 1.12 bits per heavy atom. The number of amides is 1. The number of carbonyl (C=O) groups excluding carboxylic acids is 2. The third-order valence-electron chi connectivity index (χ3n) is 2.30. The van der Waals surface area contributed by atoms with E-state index in [-0.39, 0.29) is 5.78 Å². The van der Waals surface area contributed by atoms with E-state index in [4.69, 9.17) is 0 Å². The summed E-state index contributed by atoms with van der Waals surface area (Å²) in [6.45, 7) is 0. The largest absolute Gasteiger partial charge is 0.329 e. The van der Waals surface area contributed by atoms with Crippen molar-refractivity contribution in [3.05, 3.63) is 59.9 Å². The number of hydrogen-bond donors (Lipinski definition) is 1. The van der Waals surface area contributed by atoms with E-state index < -0.39 is 0 Å². The fourth-order valence-electron chi connectivity index (χ4n) is 1.45. The van der Waals surface area contributed by atoms with Crippen LogP contribution in [0.4, 0.5) is 5.69 Å². The maximum absolute atomic E-state index is 12.0. The van der Waals surface area contributed by atoms with E-state index in [1.165, 1.54) is 6.20 Å². The Morgan fingerprint density at radius 3 is 2.47 bits per heavy atom. The van der Waals surface area contributed by atoms with Gasteiger partial charge in [0.1, 0.15) is 0 Å². The van der Waals surface area contributed by atoms with E-state index >= 15 is 0 Å². The minimum absolute atomic E-state index is 0.0873. The van der Waals surface area contributed by atoms with Crippen molar-refractivity contribution in [2.45, 2.75) is 0 Å². The first-order valence-electron chi connectivity index (χ1n) is 5.06. The first-order chi connectivity index (χ1) is 8.31. The van der Waals surface area contributed by atoms with Crippen LogP contribution in [0.15, 0.2) is 48.8 Å². The zero-order valence-electron chi connectivity index (χ0n) is 8.96. The summed E-state index contributed by atoms with van der Waals surface area (Å²) < 4.78 is 0. The van der Waals surface area contributed by atoms with E-state index in [1.807, 2.05) is 0 Å². The third-order valence-corrected chi connectivity index (χ3v) is 2.30. The van der Waals surface area contributed by atoms with E-state index in [9.17, 15) is 9.59 Å². The number of hydrogen-bond acceptors (Lipinski definition) is 3. The maximum atomic E-state index is 12.0. The molecule has 4 heteroatoms. The molecular formula is C13H10N2O2. The Hall–Kier alpha value is -2.49. The molecule has 0 saturated heterocycles. The van der Waals surface area contributed by atoms with Gasteiger partial charge in [-0.3, -0.25) is 14.6 Å². The summed E-state index contributed by atoms with van der Waals surface area (Å²) in [5.41, 5.74) is 1.76. The molecule has 84 valence electrons. The fraction of sp³-hybridized carbons (Fsp3) is 0. The first kappa shape index (κ1) is 11.0. The van der Waals surface area contributed by atoms with Crippen molar-refractivity contribution < 1.29 is 9.59 Å². The topological polar surface area (TPSA) is 59.1 Å². The van der Waals surface area contributed by atoms with Crippen LogP contribution in [0.5, 0.6) is 0 Å². The summed E-state index contributed by atoms with van der Waals surface area (Å²) in [6.07, 6.45) is 3.74. The lowest BCUT2D eigenvalue weighted by Gasteiger charge is -2.02. The quantitative estimate of drug-likeness (QED) is 0.639. The molecule has 1 heterocycles. The number of rotatable bonds is 4. The van der Waals surface area contributed by atoms with Crippen LogP contribution in [0.1, 0.15) is 15.9 Å². The number of carbonyl (C=O) groups is 2. The standard InChI is InChI=1S/C13H10N2O2/c16-9-15-12-5-3-10(4-6-12)13(17)11-2-1-7-14-8-11/h1-9H,(H,15,16). The summed E-state index contributed by atoms with van der Waals surface area (Å²) in [4.78, 5) is 26.1. The molecule has 0 aliphatic carbocycles. The predicted octanol–water partition coefficient (Wildman–Crippen LogP) is 1.88. The molecule has 2 rings (SSSR count). The molecule has 0 spiro atoms. The number of pyridine rings is 1. The van der Waals surface area contributed by atoms with Crippen LogP contribution in [-0.2, 0) is 4.79 Å². The van der Waals surface area contributed by atoms with Crippen molar-refractivity contribution in [2.24, 2.45) is 0 Å². The molecule has 17 heavy (non-hydrogen) atoms. The molecule has 1 amide bonds. The Bertz CT molecular complexity index is 521. The predicted molar refractivity (Wildman–Crippen MR) is 63.8 cm³/mol. The van der Waals surface area contributed by atoms with E-state index in [0.29, 0.717) is 23.2 Å². The summed E-state index contributed by atoms with van der Waals surface area (Å²) >= 11 is 0. The number of nitrogens with zero attached hydrogens (tertiary/aromatic N) is 1. The molecule has 0 bridgehead atoms. The molecule has 0 unspecified atom stereocenters. The Labute approximate surface area is 98.3 Å². The van der Waals surface area contributed by atoms with Crippen LogP contribution < -0.4 is 5.32 Å². The lowest BCUT2D eigenvalue weighted by atomic mass is 10.0. The van der Waals surface area contributed by atoms with Gasteiger partial charge < -0.3 is 5.32 Å². The van der Waals surface area contributed by atoms with Crippen molar-refractivity contribution in [3.63, 3.8) is 0 Å². The molecule has 1 aromatic carbocycles. The van der Waals surface area contributed by atoms with Crippen LogP contribution in [0.25, 0.3) is 0 Å². The molecule has 0 saturated carbocycles. The third kappa shape index (κ3) is 2.55. The SMILES string of the molecule is O=CNc1ccc(C(=O)c2cccnc2)cc1. The van der Waals surface area contributed by atoms with Crippen molar-refractivity contribution in [1.82, 2.24) is 4.98 Å². The molecule has 0 fully saturated rings. The van der Waals surface area contributed by atoms with Gasteiger partial charge in [0.15, 0.2) is 5.78 Å². The van der Waals surface area contributed by atoms with Gasteiger partial charge >= 0.3 is 0 Å². The smallest absolute Gasteiger partial charge is 0.211 e. The van der Waals surface area contributed by atoms with Gasteiger partial charge in [0, 0.05) is 29.2 Å². The second kappa shape index (κ2) is 5.03. The first-order valence-corrected chi connectivity index (χ1v) is 5.06. The molecule has 0 aliphatic heterocycles. The average Bonchev–Trinajstić information content (AvgIpc) is 2.40. The second-order valence-corrected chi connectivity index (χ2v) is 3.41. The van der Waals surface area contributed by atoms with Crippen LogP contribution in [0, 0.1) is 0 Å². The van der Waals surface area contributed by atoms with Gasteiger partial charge in [-0.15, -0.1) is 0 Å². The number of nitrogens with one attached hydrogen (secondary N) is 1. The summed E-state index contributed by atoms with van der Waals surface area (Å²) in [7, 11) is 0. The van der Waals surface area contributed by atoms with Gasteiger partial charge in [0.2, 0.25) is 6.41 Å². The van der Waals surface area contributed by atoms with Gasteiger partial charge in [-0.2, -0.15) is 0 Å². The van der Waals surface area contributed by atoms with Gasteiger partial charge in [-0.05, 0) is 36.4 Å². The minimum Gasteiger partial charge on any atom is -0.329 e. The summed E-state index contributed by atoms with van der Waals surface area (Å²) in [5, 5.41) is 2.51. The molecule has 1 aromatic heterocycles. The average molecular weight is 226 g/mol. The minimum atomic E-state index is -0.0873. The van der Waals surface area contributed by atoms with Crippen molar-refractivity contribution >= 4 is 17.9 Å². The molecular weight excluding hydrogens is 216 g/mol. The lowest BCUT2D eigenvalue weighted by Crippen LogP contribution is -2.02. The van der Waals surface area contributed by atoms with Gasteiger partial charge in [-0.25, -0.2) is 0 Å². The van der Waals surface area contributed by atoms with Crippen molar-refractivity contribution in [1.29, 1.82) is 0 Å². The zero-order valence-corrected chi connectivity index (χ0v) is 8.96. The van der Waals surface area contributed by atoms with Crippen LogP contribution in [0.3, 0.4) is 0 Å². The highest BCUT2D eigenvalue weighted by molar-refractivity contribution is 6.08. The molecule has 0 atom stereocenters. The molecule has 0 aliphatic rings. The Kier molecular flexibility index (Phi) is 3.25.